The molecule has 0 aliphatic rings. The molecule has 5 nitrogen and oxygen atoms in total. The molecule has 0 saturated carbocycles. The van der Waals surface area contributed by atoms with Crippen LogP contribution in [0.2, 0.25) is 0 Å². The van der Waals surface area contributed by atoms with E-state index in [2.05, 4.69) is 11.4 Å². The standard InChI is InChI=1S/C14H18N2O3/c1-2-13(14(17)18)16-11-6-5-7-12(10-11)19-9-4-3-8-15/h5-7,10,13,16H,2-4,9H2,1H3,(H,17,18). The van der Waals surface area contributed by atoms with Gasteiger partial charge in [0, 0.05) is 18.2 Å². The average Bonchev–Trinajstić information content (AvgIpc) is 2.41. The van der Waals surface area contributed by atoms with Crippen LogP contribution in [0, 0.1) is 11.3 Å². The molecule has 0 saturated heterocycles. The molecule has 0 spiro atoms. The zero-order valence-corrected chi connectivity index (χ0v) is 10.9. The van der Waals surface area contributed by atoms with E-state index < -0.39 is 12.0 Å². The highest BCUT2D eigenvalue weighted by Crippen LogP contribution is 2.19. The Bertz CT molecular complexity index is 454. The summed E-state index contributed by atoms with van der Waals surface area (Å²) in [6, 6.07) is 8.62. The monoisotopic (exact) mass is 262 g/mol. The van der Waals surface area contributed by atoms with Gasteiger partial charge >= 0.3 is 5.97 Å². The first-order valence-electron chi connectivity index (χ1n) is 6.26. The molecule has 0 bridgehead atoms. The number of anilines is 1. The second kappa shape index (κ2) is 7.98. The number of carbonyl (C=O) groups is 1. The first kappa shape index (κ1) is 14.8. The molecule has 5 heteroatoms. The van der Waals surface area contributed by atoms with Gasteiger partial charge in [-0.2, -0.15) is 5.26 Å². The molecule has 0 fully saturated rings. The number of rotatable bonds is 8. The second-order valence-corrected chi connectivity index (χ2v) is 4.08. The number of hydrogen-bond acceptors (Lipinski definition) is 4. The largest absolute Gasteiger partial charge is 0.493 e. The minimum absolute atomic E-state index is 0.467. The summed E-state index contributed by atoms with van der Waals surface area (Å²) in [5.41, 5.74) is 0.715. The molecule has 102 valence electrons. The fourth-order valence-corrected chi connectivity index (χ4v) is 1.56. The van der Waals surface area contributed by atoms with Gasteiger partial charge < -0.3 is 15.2 Å². The van der Waals surface area contributed by atoms with Gasteiger partial charge in [0.25, 0.3) is 0 Å². The number of nitriles is 1. The zero-order valence-electron chi connectivity index (χ0n) is 10.9. The van der Waals surface area contributed by atoms with E-state index in [9.17, 15) is 4.79 Å². The molecule has 0 aromatic heterocycles. The normalized spacial score (nSPS) is 11.4. The van der Waals surface area contributed by atoms with Crippen molar-refractivity contribution in [2.75, 3.05) is 11.9 Å². The molecule has 1 unspecified atom stereocenters. The Labute approximate surface area is 112 Å². The number of unbranched alkanes of at least 4 members (excludes halogenated alkanes) is 1. The third kappa shape index (κ3) is 5.30. The summed E-state index contributed by atoms with van der Waals surface area (Å²) in [6.45, 7) is 2.29. The summed E-state index contributed by atoms with van der Waals surface area (Å²) >= 11 is 0. The predicted octanol–water partition coefficient (Wildman–Crippen LogP) is 2.64. The highest BCUT2D eigenvalue weighted by Gasteiger charge is 2.14. The van der Waals surface area contributed by atoms with Crippen molar-refractivity contribution in [2.24, 2.45) is 0 Å². The van der Waals surface area contributed by atoms with Crippen molar-refractivity contribution in [2.45, 2.75) is 32.2 Å². The number of carboxylic acid groups (broad SMARTS) is 1. The maximum atomic E-state index is 10.9. The number of nitrogens with zero attached hydrogens (tertiary/aromatic N) is 1. The molecule has 0 aliphatic carbocycles. The highest BCUT2D eigenvalue weighted by atomic mass is 16.5. The maximum Gasteiger partial charge on any atom is 0.326 e. The highest BCUT2D eigenvalue weighted by molar-refractivity contribution is 5.77. The molecule has 0 aliphatic heterocycles. The Morgan fingerprint density at radius 2 is 2.37 bits per heavy atom. The summed E-state index contributed by atoms with van der Waals surface area (Å²) < 4.78 is 5.49. The van der Waals surface area contributed by atoms with E-state index in [1.807, 2.05) is 6.92 Å². The molecule has 1 rings (SSSR count). The molecule has 0 amide bonds. The average molecular weight is 262 g/mol. The number of carboxylic acids is 1. The fraction of sp³-hybridized carbons (Fsp3) is 0.429. The lowest BCUT2D eigenvalue weighted by molar-refractivity contribution is -0.137. The van der Waals surface area contributed by atoms with Gasteiger partial charge in [-0.15, -0.1) is 0 Å². The number of nitrogens with one attached hydrogen (secondary N) is 1. The molecule has 1 atom stereocenters. The van der Waals surface area contributed by atoms with Crippen LogP contribution in [0.1, 0.15) is 26.2 Å². The number of benzene rings is 1. The van der Waals surface area contributed by atoms with Gasteiger partial charge in [0.1, 0.15) is 11.8 Å². The van der Waals surface area contributed by atoms with E-state index in [1.165, 1.54) is 0 Å². The van der Waals surface area contributed by atoms with Gasteiger partial charge in [-0.05, 0) is 25.0 Å². The summed E-state index contributed by atoms with van der Waals surface area (Å²) in [6.07, 6.45) is 1.65. The van der Waals surface area contributed by atoms with Crippen molar-refractivity contribution in [1.82, 2.24) is 0 Å². The topological polar surface area (TPSA) is 82.3 Å². The maximum absolute atomic E-state index is 10.9. The van der Waals surface area contributed by atoms with E-state index in [1.54, 1.807) is 24.3 Å². The van der Waals surface area contributed by atoms with Crippen LogP contribution in [0.5, 0.6) is 5.75 Å². The van der Waals surface area contributed by atoms with Crippen LogP contribution in [0.4, 0.5) is 5.69 Å². The third-order valence-electron chi connectivity index (χ3n) is 2.58. The van der Waals surface area contributed by atoms with E-state index in [-0.39, 0.29) is 0 Å². The summed E-state index contributed by atoms with van der Waals surface area (Å²) in [4.78, 5) is 10.9. The van der Waals surface area contributed by atoms with Gasteiger partial charge in [-0.1, -0.05) is 13.0 Å². The van der Waals surface area contributed by atoms with E-state index >= 15 is 0 Å². The summed E-state index contributed by atoms with van der Waals surface area (Å²) in [5, 5.41) is 20.3. The minimum Gasteiger partial charge on any atom is -0.493 e. The van der Waals surface area contributed by atoms with Crippen molar-refractivity contribution in [1.29, 1.82) is 5.26 Å². The molecule has 1 aromatic rings. The van der Waals surface area contributed by atoms with E-state index in [0.29, 0.717) is 37.3 Å². The Morgan fingerprint density at radius 1 is 1.58 bits per heavy atom. The lowest BCUT2D eigenvalue weighted by atomic mass is 10.2. The van der Waals surface area contributed by atoms with Crippen molar-refractivity contribution in [3.63, 3.8) is 0 Å². The number of ether oxygens (including phenoxy) is 1. The van der Waals surface area contributed by atoms with Crippen LogP contribution in [-0.4, -0.2) is 23.7 Å². The molecule has 0 heterocycles. The third-order valence-corrected chi connectivity index (χ3v) is 2.58. The Kier molecular flexibility index (Phi) is 6.23. The Morgan fingerprint density at radius 3 is 3.00 bits per heavy atom. The second-order valence-electron chi connectivity index (χ2n) is 4.08. The van der Waals surface area contributed by atoms with Gasteiger partial charge in [0.05, 0.1) is 12.7 Å². The van der Waals surface area contributed by atoms with E-state index in [4.69, 9.17) is 15.1 Å². The number of hydrogen-bond donors (Lipinski definition) is 2. The van der Waals surface area contributed by atoms with Gasteiger partial charge in [0.2, 0.25) is 0 Å². The van der Waals surface area contributed by atoms with E-state index in [0.717, 1.165) is 0 Å². The van der Waals surface area contributed by atoms with Crippen LogP contribution in [-0.2, 0) is 4.79 Å². The first-order valence-corrected chi connectivity index (χ1v) is 6.26. The van der Waals surface area contributed by atoms with Crippen LogP contribution >= 0.6 is 0 Å². The van der Waals surface area contributed by atoms with Gasteiger partial charge in [-0.25, -0.2) is 4.79 Å². The Hall–Kier alpha value is -2.22. The predicted molar refractivity (Wildman–Crippen MR) is 72.1 cm³/mol. The summed E-state index contributed by atoms with van der Waals surface area (Å²) in [5.74, 6) is -0.203. The lowest BCUT2D eigenvalue weighted by Gasteiger charge is -2.14. The molecule has 19 heavy (non-hydrogen) atoms. The molecule has 1 aromatic carbocycles. The lowest BCUT2D eigenvalue weighted by Crippen LogP contribution is -2.28. The summed E-state index contributed by atoms with van der Waals surface area (Å²) in [7, 11) is 0. The molecular formula is C14H18N2O3. The zero-order chi connectivity index (χ0) is 14.1. The quantitative estimate of drug-likeness (QED) is 0.704. The first-order chi connectivity index (χ1) is 9.17. The van der Waals surface area contributed by atoms with Crippen LogP contribution < -0.4 is 10.1 Å². The van der Waals surface area contributed by atoms with Gasteiger partial charge in [-0.3, -0.25) is 0 Å². The minimum atomic E-state index is -0.872. The van der Waals surface area contributed by atoms with Crippen molar-refractivity contribution < 1.29 is 14.6 Å². The van der Waals surface area contributed by atoms with Gasteiger partial charge in [0.15, 0.2) is 0 Å². The van der Waals surface area contributed by atoms with Crippen molar-refractivity contribution in [3.05, 3.63) is 24.3 Å². The fourth-order valence-electron chi connectivity index (χ4n) is 1.56. The molecule has 2 N–H and O–H groups in total. The van der Waals surface area contributed by atoms with Crippen molar-refractivity contribution in [3.8, 4) is 11.8 Å². The molecule has 0 radical (unpaired) electrons. The van der Waals surface area contributed by atoms with Crippen LogP contribution in [0.25, 0.3) is 0 Å². The van der Waals surface area contributed by atoms with Crippen LogP contribution in [0.3, 0.4) is 0 Å². The van der Waals surface area contributed by atoms with Crippen LogP contribution in [0.15, 0.2) is 24.3 Å². The van der Waals surface area contributed by atoms with Crippen molar-refractivity contribution >= 4 is 11.7 Å². The number of aliphatic carboxylic acids is 1. The smallest absolute Gasteiger partial charge is 0.326 e. The SMILES string of the molecule is CCC(Nc1cccc(OCCCC#N)c1)C(=O)O. The molecular weight excluding hydrogens is 244 g/mol. The Balaban J connectivity index is 2.56.